The minimum absolute atomic E-state index is 0.186. The van der Waals surface area contributed by atoms with E-state index in [9.17, 15) is 4.79 Å². The molecule has 106 valence electrons. The van der Waals surface area contributed by atoms with E-state index in [1.807, 2.05) is 18.2 Å². The van der Waals surface area contributed by atoms with Crippen molar-refractivity contribution in [1.29, 1.82) is 0 Å². The predicted molar refractivity (Wildman–Crippen MR) is 79.4 cm³/mol. The Morgan fingerprint density at radius 2 is 1.86 bits per heavy atom. The highest BCUT2D eigenvalue weighted by Gasteiger charge is 2.13. The number of rotatable bonds is 5. The lowest BCUT2D eigenvalue weighted by atomic mass is 10.1. The monoisotopic (exact) mass is 281 g/mol. The minimum Gasteiger partial charge on any atom is -0.478 e. The van der Waals surface area contributed by atoms with Crippen LogP contribution in [0.3, 0.4) is 0 Å². The SMILES string of the molecule is O=C(O)c1cccc2oc(CCCc3ccccc3)nc12. The van der Waals surface area contributed by atoms with Crippen LogP contribution in [-0.4, -0.2) is 16.1 Å². The van der Waals surface area contributed by atoms with Crippen LogP contribution in [0.15, 0.2) is 52.9 Å². The van der Waals surface area contributed by atoms with E-state index in [1.54, 1.807) is 18.2 Å². The first-order valence-electron chi connectivity index (χ1n) is 6.90. The Hall–Kier alpha value is -2.62. The highest BCUT2D eigenvalue weighted by atomic mass is 16.4. The van der Waals surface area contributed by atoms with Crippen molar-refractivity contribution in [2.45, 2.75) is 19.3 Å². The summed E-state index contributed by atoms with van der Waals surface area (Å²) < 4.78 is 5.62. The molecule has 3 rings (SSSR count). The first-order valence-corrected chi connectivity index (χ1v) is 6.90. The van der Waals surface area contributed by atoms with Crippen LogP contribution in [0.2, 0.25) is 0 Å². The molecule has 0 atom stereocenters. The van der Waals surface area contributed by atoms with Crippen LogP contribution in [0.1, 0.15) is 28.2 Å². The fourth-order valence-corrected chi connectivity index (χ4v) is 2.36. The van der Waals surface area contributed by atoms with Crippen molar-refractivity contribution in [3.63, 3.8) is 0 Å². The van der Waals surface area contributed by atoms with Gasteiger partial charge in [-0.2, -0.15) is 0 Å². The zero-order chi connectivity index (χ0) is 14.7. The zero-order valence-electron chi connectivity index (χ0n) is 11.5. The van der Waals surface area contributed by atoms with E-state index in [0.717, 1.165) is 12.8 Å². The largest absolute Gasteiger partial charge is 0.478 e. The first kappa shape index (κ1) is 13.4. The van der Waals surface area contributed by atoms with Crippen LogP contribution in [-0.2, 0) is 12.8 Å². The third-order valence-electron chi connectivity index (χ3n) is 3.39. The number of hydrogen-bond acceptors (Lipinski definition) is 3. The smallest absolute Gasteiger partial charge is 0.338 e. The maximum absolute atomic E-state index is 11.1. The lowest BCUT2D eigenvalue weighted by molar-refractivity contribution is 0.0699. The predicted octanol–water partition coefficient (Wildman–Crippen LogP) is 3.70. The minimum atomic E-state index is -0.982. The number of aromatic carboxylic acids is 1. The van der Waals surface area contributed by atoms with Gasteiger partial charge in [0.1, 0.15) is 5.52 Å². The highest BCUT2D eigenvalue weighted by molar-refractivity contribution is 6.00. The average Bonchev–Trinajstić information content (AvgIpc) is 2.90. The molecular weight excluding hydrogens is 266 g/mol. The molecule has 0 saturated carbocycles. The maximum Gasteiger partial charge on any atom is 0.338 e. The maximum atomic E-state index is 11.1. The molecule has 1 heterocycles. The average molecular weight is 281 g/mol. The van der Waals surface area contributed by atoms with Crippen LogP contribution < -0.4 is 0 Å². The van der Waals surface area contributed by atoms with Gasteiger partial charge in [-0.15, -0.1) is 0 Å². The Balaban J connectivity index is 1.73. The van der Waals surface area contributed by atoms with Gasteiger partial charge in [-0.3, -0.25) is 0 Å². The summed E-state index contributed by atoms with van der Waals surface area (Å²) in [5, 5.41) is 9.14. The molecule has 0 spiro atoms. The Morgan fingerprint density at radius 1 is 1.05 bits per heavy atom. The molecule has 0 saturated heterocycles. The molecule has 0 radical (unpaired) electrons. The van der Waals surface area contributed by atoms with Gasteiger partial charge in [0.25, 0.3) is 0 Å². The second-order valence-electron chi connectivity index (χ2n) is 4.90. The Bertz CT molecular complexity index is 762. The zero-order valence-corrected chi connectivity index (χ0v) is 11.5. The van der Waals surface area contributed by atoms with Gasteiger partial charge in [0.2, 0.25) is 0 Å². The molecule has 21 heavy (non-hydrogen) atoms. The summed E-state index contributed by atoms with van der Waals surface area (Å²) in [5.74, 6) is -0.389. The van der Waals surface area contributed by atoms with E-state index in [1.165, 1.54) is 5.56 Å². The molecule has 0 unspecified atom stereocenters. The van der Waals surface area contributed by atoms with E-state index < -0.39 is 5.97 Å². The van der Waals surface area contributed by atoms with Gasteiger partial charge in [-0.25, -0.2) is 9.78 Å². The summed E-state index contributed by atoms with van der Waals surface area (Å²) in [6, 6.07) is 15.2. The highest BCUT2D eigenvalue weighted by Crippen LogP contribution is 2.20. The third-order valence-corrected chi connectivity index (χ3v) is 3.39. The van der Waals surface area contributed by atoms with Gasteiger partial charge in [0.15, 0.2) is 11.5 Å². The molecule has 0 fully saturated rings. The molecule has 1 aromatic heterocycles. The van der Waals surface area contributed by atoms with Crippen molar-refractivity contribution in [2.24, 2.45) is 0 Å². The number of carbonyl (C=O) groups is 1. The van der Waals surface area contributed by atoms with Gasteiger partial charge in [0.05, 0.1) is 5.56 Å². The van der Waals surface area contributed by atoms with E-state index in [2.05, 4.69) is 17.1 Å². The summed E-state index contributed by atoms with van der Waals surface area (Å²) in [4.78, 5) is 15.5. The van der Waals surface area contributed by atoms with Crippen molar-refractivity contribution in [1.82, 2.24) is 4.98 Å². The lowest BCUT2D eigenvalue weighted by Gasteiger charge is -1.98. The molecule has 2 aromatic carbocycles. The fraction of sp³-hybridized carbons (Fsp3) is 0.176. The van der Waals surface area contributed by atoms with E-state index in [4.69, 9.17) is 9.52 Å². The molecular formula is C17H15NO3. The fourth-order valence-electron chi connectivity index (χ4n) is 2.36. The van der Waals surface area contributed by atoms with Crippen LogP contribution in [0.25, 0.3) is 11.1 Å². The second kappa shape index (κ2) is 5.79. The topological polar surface area (TPSA) is 63.3 Å². The number of fused-ring (bicyclic) bond motifs is 1. The van der Waals surface area contributed by atoms with Crippen molar-refractivity contribution < 1.29 is 14.3 Å². The Kier molecular flexibility index (Phi) is 3.69. The number of aromatic nitrogens is 1. The van der Waals surface area contributed by atoms with Gasteiger partial charge in [-0.1, -0.05) is 36.4 Å². The van der Waals surface area contributed by atoms with Gasteiger partial charge in [0, 0.05) is 6.42 Å². The number of aryl methyl sites for hydroxylation is 2. The van der Waals surface area contributed by atoms with Crippen molar-refractivity contribution in [3.05, 3.63) is 65.5 Å². The quantitative estimate of drug-likeness (QED) is 0.774. The summed E-state index contributed by atoms with van der Waals surface area (Å²) in [6.45, 7) is 0. The van der Waals surface area contributed by atoms with Crippen LogP contribution in [0.5, 0.6) is 0 Å². The summed E-state index contributed by atoms with van der Waals surface area (Å²) >= 11 is 0. The Morgan fingerprint density at radius 3 is 2.62 bits per heavy atom. The standard InChI is InChI=1S/C17H15NO3/c19-17(20)13-9-5-10-14-16(13)18-15(21-14)11-4-8-12-6-2-1-3-7-12/h1-3,5-7,9-10H,4,8,11H2,(H,19,20). The van der Waals surface area contributed by atoms with Crippen LogP contribution >= 0.6 is 0 Å². The molecule has 4 heteroatoms. The van der Waals surface area contributed by atoms with E-state index >= 15 is 0 Å². The summed E-state index contributed by atoms with van der Waals surface area (Å²) in [5.41, 5.74) is 2.43. The number of nitrogens with zero attached hydrogens (tertiary/aromatic N) is 1. The number of hydrogen-bond donors (Lipinski definition) is 1. The van der Waals surface area contributed by atoms with Crippen LogP contribution in [0.4, 0.5) is 0 Å². The Labute approximate surface area is 122 Å². The molecule has 0 aliphatic heterocycles. The number of carboxylic acid groups (broad SMARTS) is 1. The van der Waals surface area contributed by atoms with E-state index in [0.29, 0.717) is 23.4 Å². The molecule has 0 bridgehead atoms. The van der Waals surface area contributed by atoms with Gasteiger partial charge < -0.3 is 9.52 Å². The molecule has 4 nitrogen and oxygen atoms in total. The van der Waals surface area contributed by atoms with Gasteiger partial charge >= 0.3 is 5.97 Å². The third kappa shape index (κ3) is 2.94. The van der Waals surface area contributed by atoms with Crippen molar-refractivity contribution in [2.75, 3.05) is 0 Å². The van der Waals surface area contributed by atoms with Crippen molar-refractivity contribution >= 4 is 17.1 Å². The number of carboxylic acids is 1. The molecule has 1 N–H and O–H groups in total. The summed E-state index contributed by atoms with van der Waals surface area (Å²) in [6.07, 6.45) is 2.56. The number of para-hydroxylation sites is 1. The molecule has 0 aliphatic rings. The lowest BCUT2D eigenvalue weighted by Crippen LogP contribution is -1.97. The molecule has 0 amide bonds. The normalized spacial score (nSPS) is 10.9. The van der Waals surface area contributed by atoms with Crippen molar-refractivity contribution in [3.8, 4) is 0 Å². The van der Waals surface area contributed by atoms with Crippen LogP contribution in [0, 0.1) is 0 Å². The number of oxazole rings is 1. The first-order chi connectivity index (χ1) is 10.2. The molecule has 0 aliphatic carbocycles. The van der Waals surface area contributed by atoms with Gasteiger partial charge in [-0.05, 0) is 30.5 Å². The summed E-state index contributed by atoms with van der Waals surface area (Å²) in [7, 11) is 0. The number of benzene rings is 2. The second-order valence-corrected chi connectivity index (χ2v) is 4.90. The van der Waals surface area contributed by atoms with E-state index in [-0.39, 0.29) is 5.56 Å². The molecule has 3 aromatic rings.